The van der Waals surface area contributed by atoms with E-state index in [4.69, 9.17) is 18.9 Å². The average Bonchev–Trinajstić information content (AvgIpc) is 2.49. The lowest BCUT2D eigenvalue weighted by Crippen LogP contribution is -2.45. The molecule has 0 aliphatic carbocycles. The van der Waals surface area contributed by atoms with E-state index < -0.39 is 29.9 Å². The van der Waals surface area contributed by atoms with Crippen LogP contribution in [0.1, 0.15) is 13.8 Å². The molecule has 0 aliphatic rings. The van der Waals surface area contributed by atoms with Gasteiger partial charge in [-0.05, 0) is 13.8 Å². The molecular weight excluding hydrogens is 288 g/mol. The molecule has 114 valence electrons. The van der Waals surface area contributed by atoms with Crippen LogP contribution in [0.25, 0.3) is 0 Å². The summed E-state index contributed by atoms with van der Waals surface area (Å²) in [7, 11) is 5.47. The summed E-state index contributed by atoms with van der Waals surface area (Å²) in [5.41, 5.74) is -0.876. The molecule has 1 aromatic rings. The van der Waals surface area contributed by atoms with Crippen LogP contribution in [0.4, 0.5) is 0 Å². The van der Waals surface area contributed by atoms with E-state index in [9.17, 15) is 0 Å². The Morgan fingerprint density at radius 3 is 1.10 bits per heavy atom. The molecule has 0 saturated carbocycles. The maximum Gasteiger partial charge on any atom is 0.146 e. The first kappa shape index (κ1) is 17.5. The van der Waals surface area contributed by atoms with E-state index in [1.807, 2.05) is 13.8 Å². The summed E-state index contributed by atoms with van der Waals surface area (Å²) in [5.74, 6) is 0. The van der Waals surface area contributed by atoms with Gasteiger partial charge in [-0.15, -0.1) is 0 Å². The summed E-state index contributed by atoms with van der Waals surface area (Å²) in [6.07, 6.45) is 0. The molecule has 0 heterocycles. The summed E-state index contributed by atoms with van der Waals surface area (Å²) in [5, 5.41) is 2.65. The molecule has 0 radical (unpaired) electrons. The highest BCUT2D eigenvalue weighted by Gasteiger charge is 2.25. The molecule has 0 aromatic heterocycles. The fourth-order valence-electron chi connectivity index (χ4n) is 1.97. The van der Waals surface area contributed by atoms with Crippen molar-refractivity contribution in [3.8, 4) is 0 Å². The molecule has 0 spiro atoms. The Kier molecular flexibility index (Phi) is 6.57. The van der Waals surface area contributed by atoms with Crippen LogP contribution in [-0.2, 0) is 18.9 Å². The molecule has 0 fully saturated rings. The van der Waals surface area contributed by atoms with Gasteiger partial charge in [-0.1, -0.05) is 34.6 Å². The van der Waals surface area contributed by atoms with Crippen molar-refractivity contribution in [2.75, 3.05) is 28.4 Å². The molecule has 0 atom stereocenters. The van der Waals surface area contributed by atoms with E-state index in [0.29, 0.717) is 0 Å². The highest BCUT2D eigenvalue weighted by atomic mass is 28.2. The Morgan fingerprint density at radius 1 is 0.650 bits per heavy atom. The average molecular weight is 315 g/mol. The predicted molar refractivity (Wildman–Crippen MR) is 87.6 cm³/mol. The van der Waals surface area contributed by atoms with Crippen molar-refractivity contribution < 1.29 is 18.9 Å². The zero-order chi connectivity index (χ0) is 15.2. The van der Waals surface area contributed by atoms with Crippen molar-refractivity contribution in [1.82, 2.24) is 0 Å². The third kappa shape index (κ3) is 4.80. The van der Waals surface area contributed by atoms with Crippen molar-refractivity contribution in [2.45, 2.75) is 24.7 Å². The van der Waals surface area contributed by atoms with E-state index >= 15 is 0 Å². The zero-order valence-electron chi connectivity index (χ0n) is 13.4. The quantitative estimate of drug-likeness (QED) is 0.465. The standard InChI is InChI=1S/C14H26O4Si2/c1-13(15-3,16-4)19-11-7-9-12(10-8-11)20-14(2,17-5)18-6/h7-10H,19-20H2,1-6H3. The van der Waals surface area contributed by atoms with Gasteiger partial charge >= 0.3 is 0 Å². The number of benzene rings is 1. The van der Waals surface area contributed by atoms with E-state index in [1.54, 1.807) is 28.4 Å². The number of hydrogen-bond donors (Lipinski definition) is 0. The van der Waals surface area contributed by atoms with Gasteiger partial charge in [0.1, 0.15) is 29.9 Å². The van der Waals surface area contributed by atoms with Gasteiger partial charge in [-0.25, -0.2) is 0 Å². The SMILES string of the molecule is COC(C)(OC)[SiH2]c1ccc([SiH2]C(C)(OC)OC)cc1. The minimum atomic E-state index is -0.654. The fraction of sp³-hybridized carbons (Fsp3) is 0.571. The van der Waals surface area contributed by atoms with Gasteiger partial charge in [0.05, 0.1) is 0 Å². The molecule has 0 unspecified atom stereocenters. The summed E-state index contributed by atoms with van der Waals surface area (Å²) in [4.78, 5) is 0. The third-order valence-electron chi connectivity index (χ3n) is 3.80. The molecule has 0 bridgehead atoms. The molecule has 1 aromatic carbocycles. The minimum Gasteiger partial charge on any atom is -0.358 e. The number of hydrogen-bond acceptors (Lipinski definition) is 4. The van der Waals surface area contributed by atoms with Gasteiger partial charge in [-0.2, -0.15) is 0 Å². The lowest BCUT2D eigenvalue weighted by atomic mass is 10.4. The van der Waals surface area contributed by atoms with Gasteiger partial charge in [-0.3, -0.25) is 0 Å². The van der Waals surface area contributed by atoms with E-state index in [-0.39, 0.29) is 0 Å². The second-order valence-corrected chi connectivity index (χ2v) is 10.2. The molecule has 0 N–H and O–H groups in total. The highest BCUT2D eigenvalue weighted by molar-refractivity contribution is 6.58. The van der Waals surface area contributed by atoms with E-state index in [0.717, 1.165) is 0 Å². The summed E-state index contributed by atoms with van der Waals surface area (Å²) in [6, 6.07) is 8.71. The highest BCUT2D eigenvalue weighted by Crippen LogP contribution is 2.08. The largest absolute Gasteiger partial charge is 0.358 e. The molecule has 0 saturated heterocycles. The minimum absolute atomic E-state index is 0.438. The third-order valence-corrected chi connectivity index (χ3v) is 8.00. The Bertz CT molecular complexity index is 361. The lowest BCUT2D eigenvalue weighted by molar-refractivity contribution is -0.129. The van der Waals surface area contributed by atoms with Crippen LogP contribution in [0.3, 0.4) is 0 Å². The van der Waals surface area contributed by atoms with Crippen LogP contribution in [0.5, 0.6) is 0 Å². The number of ether oxygens (including phenoxy) is 4. The molecular formula is C14H26O4Si2. The molecule has 20 heavy (non-hydrogen) atoms. The summed E-state index contributed by atoms with van der Waals surface area (Å²) in [6.45, 7) is 3.99. The van der Waals surface area contributed by atoms with Gasteiger partial charge in [0, 0.05) is 28.4 Å². The fourth-order valence-corrected chi connectivity index (χ4v) is 4.98. The van der Waals surface area contributed by atoms with Gasteiger partial charge < -0.3 is 18.9 Å². The van der Waals surface area contributed by atoms with Gasteiger partial charge in [0.25, 0.3) is 0 Å². The maximum atomic E-state index is 5.44. The number of rotatable bonds is 8. The van der Waals surface area contributed by atoms with Crippen LogP contribution in [-0.4, -0.2) is 58.3 Å². The molecule has 0 amide bonds. The molecule has 6 heteroatoms. The molecule has 1 rings (SSSR count). The van der Waals surface area contributed by atoms with Crippen LogP contribution in [0.2, 0.25) is 0 Å². The Balaban J connectivity index is 2.74. The summed E-state index contributed by atoms with van der Waals surface area (Å²) >= 11 is 0. The van der Waals surface area contributed by atoms with Crippen molar-refractivity contribution >= 4 is 29.4 Å². The topological polar surface area (TPSA) is 36.9 Å². The smallest absolute Gasteiger partial charge is 0.146 e. The Morgan fingerprint density at radius 2 is 0.900 bits per heavy atom. The van der Waals surface area contributed by atoms with Crippen LogP contribution >= 0.6 is 0 Å². The van der Waals surface area contributed by atoms with Crippen molar-refractivity contribution in [3.05, 3.63) is 24.3 Å². The van der Waals surface area contributed by atoms with Crippen molar-refractivity contribution in [2.24, 2.45) is 0 Å². The monoisotopic (exact) mass is 314 g/mol. The maximum absolute atomic E-state index is 5.44. The Labute approximate surface area is 126 Å². The number of methoxy groups -OCH3 is 4. The predicted octanol–water partition coefficient (Wildman–Crippen LogP) is -0.792. The second kappa shape index (κ2) is 7.49. The second-order valence-electron chi connectivity index (χ2n) is 5.25. The van der Waals surface area contributed by atoms with Crippen LogP contribution in [0.15, 0.2) is 24.3 Å². The van der Waals surface area contributed by atoms with Crippen LogP contribution in [0, 0.1) is 0 Å². The van der Waals surface area contributed by atoms with E-state index in [1.165, 1.54) is 10.4 Å². The van der Waals surface area contributed by atoms with Crippen molar-refractivity contribution in [1.29, 1.82) is 0 Å². The zero-order valence-corrected chi connectivity index (χ0v) is 16.2. The molecule has 0 aliphatic heterocycles. The van der Waals surface area contributed by atoms with Gasteiger partial charge in [0.15, 0.2) is 0 Å². The Hall–Kier alpha value is -0.506. The normalized spacial score (nSPS) is 13.9. The first-order chi connectivity index (χ1) is 9.40. The van der Waals surface area contributed by atoms with E-state index in [2.05, 4.69) is 24.3 Å². The van der Waals surface area contributed by atoms with Crippen molar-refractivity contribution in [3.63, 3.8) is 0 Å². The van der Waals surface area contributed by atoms with Gasteiger partial charge in [0.2, 0.25) is 0 Å². The molecule has 4 nitrogen and oxygen atoms in total. The first-order valence-electron chi connectivity index (χ1n) is 6.69. The first-order valence-corrected chi connectivity index (χ1v) is 9.51. The van der Waals surface area contributed by atoms with Crippen LogP contribution < -0.4 is 10.4 Å². The lowest BCUT2D eigenvalue weighted by Gasteiger charge is -2.27. The summed E-state index contributed by atoms with van der Waals surface area (Å²) < 4.78 is 21.8.